The number of aromatic amines is 1. The Bertz CT molecular complexity index is 1390. The monoisotopic (exact) mass is 616 g/mol. The minimum absolute atomic E-state index is 0.250. The number of thiocarbonyl (C=S) groups is 1. The second kappa shape index (κ2) is 15.1. The zero-order chi connectivity index (χ0) is 30.9. The second-order valence-electron chi connectivity index (χ2n) is 12.6. The van der Waals surface area contributed by atoms with Crippen LogP contribution in [0.3, 0.4) is 0 Å². The minimum atomic E-state index is -0.562. The minimum Gasteiger partial charge on any atom is -0.361 e. The summed E-state index contributed by atoms with van der Waals surface area (Å²) in [6.07, 6.45) is 14.5. The molecule has 1 unspecified atom stereocenters. The van der Waals surface area contributed by atoms with E-state index in [2.05, 4.69) is 31.2 Å². The molecule has 1 saturated heterocycles. The lowest BCUT2D eigenvalue weighted by atomic mass is 9.81. The van der Waals surface area contributed by atoms with Crippen LogP contribution in [0.2, 0.25) is 0 Å². The van der Waals surface area contributed by atoms with E-state index in [0.717, 1.165) is 67.1 Å². The Morgan fingerprint density at radius 2 is 1.89 bits per heavy atom. The molecule has 7 nitrogen and oxygen atoms in total. The van der Waals surface area contributed by atoms with Gasteiger partial charge in [0.15, 0.2) is 5.11 Å². The number of benzene rings is 2. The van der Waals surface area contributed by atoms with Crippen molar-refractivity contribution in [3.8, 4) is 6.07 Å². The molecule has 6 rings (SSSR count). The van der Waals surface area contributed by atoms with Gasteiger partial charge in [-0.25, -0.2) is 9.37 Å². The summed E-state index contributed by atoms with van der Waals surface area (Å²) >= 11 is 5.59. The van der Waals surface area contributed by atoms with Crippen molar-refractivity contribution in [3.05, 3.63) is 88.8 Å². The van der Waals surface area contributed by atoms with Gasteiger partial charge in [0.2, 0.25) is 0 Å². The van der Waals surface area contributed by atoms with Crippen molar-refractivity contribution in [2.75, 3.05) is 33.7 Å². The number of aromatic nitrogens is 2. The third-order valence-electron chi connectivity index (χ3n) is 9.26. The van der Waals surface area contributed by atoms with Gasteiger partial charge in [-0.15, -0.1) is 0 Å². The predicted molar refractivity (Wildman–Crippen MR) is 176 cm³/mol. The highest BCUT2D eigenvalue weighted by Gasteiger charge is 2.41. The molecule has 0 radical (unpaired) electrons. The van der Waals surface area contributed by atoms with Crippen LogP contribution < -0.4 is 5.32 Å². The summed E-state index contributed by atoms with van der Waals surface area (Å²) in [6.45, 7) is 3.55. The van der Waals surface area contributed by atoms with Crippen LogP contribution in [-0.2, 0) is 16.9 Å². The number of rotatable bonds is 7. The molecule has 44 heavy (non-hydrogen) atoms. The van der Waals surface area contributed by atoms with Crippen molar-refractivity contribution in [3.63, 3.8) is 0 Å². The summed E-state index contributed by atoms with van der Waals surface area (Å²) in [7, 11) is 4.10. The van der Waals surface area contributed by atoms with Gasteiger partial charge in [0.05, 0.1) is 24.6 Å². The number of imidazole rings is 1. The van der Waals surface area contributed by atoms with Crippen LogP contribution >= 0.6 is 12.2 Å². The van der Waals surface area contributed by atoms with Crippen molar-refractivity contribution in [2.45, 2.75) is 82.0 Å². The van der Waals surface area contributed by atoms with E-state index in [1.165, 1.54) is 49.9 Å². The topological polar surface area (TPSA) is 80.2 Å². The predicted octanol–water partition coefficient (Wildman–Crippen LogP) is 6.61. The molecule has 1 atom stereocenters. The van der Waals surface area contributed by atoms with Gasteiger partial charge in [-0.1, -0.05) is 37.5 Å². The molecule has 234 valence electrons. The van der Waals surface area contributed by atoms with Crippen LogP contribution in [0, 0.1) is 17.1 Å². The maximum atomic E-state index is 13.4. The number of nitrogens with one attached hydrogen (secondary N) is 2. The number of halogens is 1. The van der Waals surface area contributed by atoms with Crippen molar-refractivity contribution in [1.29, 1.82) is 5.26 Å². The summed E-state index contributed by atoms with van der Waals surface area (Å²) in [4.78, 5) is 11.8. The van der Waals surface area contributed by atoms with Gasteiger partial charge in [-0.2, -0.15) is 5.26 Å². The number of fused-ring (bicyclic) bond motifs is 1. The van der Waals surface area contributed by atoms with E-state index in [9.17, 15) is 4.39 Å². The standard InChI is InChI=1S/C20H21FN2O.C15H24N4S/c1-23(2)11-3-10-20(17-5-7-18(21)8-6-17)19-9-4-15(13-22)12-16(19)14-24-20;20-15(18-13-4-2-1-3-5-13)19-8-6-12(7-9-19)14-10-16-11-17-14/h4-9,12H,3,10-11,14H2,1-2H3;10-13H,1-9H2,(H,16,17)(H,18,20). The Balaban J connectivity index is 0.000000177. The van der Waals surface area contributed by atoms with Gasteiger partial charge in [0.25, 0.3) is 0 Å². The maximum Gasteiger partial charge on any atom is 0.169 e. The van der Waals surface area contributed by atoms with E-state index in [1.54, 1.807) is 18.5 Å². The molecule has 1 aromatic heterocycles. The fourth-order valence-electron chi connectivity index (χ4n) is 6.81. The van der Waals surface area contributed by atoms with Crippen LogP contribution in [-0.4, -0.2) is 64.7 Å². The number of likely N-dealkylation sites (tertiary alicyclic amines) is 1. The van der Waals surface area contributed by atoms with Crippen molar-refractivity contribution >= 4 is 17.3 Å². The third-order valence-corrected chi connectivity index (χ3v) is 9.64. The van der Waals surface area contributed by atoms with Gasteiger partial charge in [-0.3, -0.25) is 0 Å². The summed E-state index contributed by atoms with van der Waals surface area (Å²) in [6, 6.07) is 15.1. The molecule has 3 aliphatic rings. The first kappa shape index (κ1) is 32.1. The third kappa shape index (κ3) is 7.84. The Morgan fingerprint density at radius 1 is 1.14 bits per heavy atom. The fraction of sp³-hybridized carbons (Fsp3) is 0.514. The number of H-pyrrole nitrogens is 1. The van der Waals surface area contributed by atoms with E-state index in [1.807, 2.05) is 38.5 Å². The molecule has 0 amide bonds. The number of hydrogen-bond donors (Lipinski definition) is 2. The van der Waals surface area contributed by atoms with E-state index in [0.29, 0.717) is 24.1 Å². The lowest BCUT2D eigenvalue weighted by Crippen LogP contribution is -2.47. The number of nitrogens with zero attached hydrogens (tertiary/aromatic N) is 4. The first-order chi connectivity index (χ1) is 21.4. The van der Waals surface area contributed by atoms with E-state index >= 15 is 0 Å². The molecule has 2 aromatic carbocycles. The molecular formula is C35H45FN6OS. The zero-order valence-corrected chi connectivity index (χ0v) is 26.8. The SMILES string of the molecule is CN(C)CCCC1(c2ccc(F)cc2)OCc2cc(C#N)ccc21.S=C(NC1CCCCC1)N1CCC(c2cnc[nH]2)CC1. The average Bonchev–Trinajstić information content (AvgIpc) is 3.71. The van der Waals surface area contributed by atoms with Crippen molar-refractivity contribution < 1.29 is 9.13 Å². The highest BCUT2D eigenvalue weighted by Crippen LogP contribution is 2.45. The lowest BCUT2D eigenvalue weighted by molar-refractivity contribution is -0.0140. The smallest absolute Gasteiger partial charge is 0.169 e. The highest BCUT2D eigenvalue weighted by atomic mass is 32.1. The molecule has 2 aliphatic heterocycles. The molecule has 0 spiro atoms. The van der Waals surface area contributed by atoms with Crippen LogP contribution in [0.5, 0.6) is 0 Å². The molecule has 9 heteroatoms. The van der Waals surface area contributed by atoms with Gasteiger partial charge in [0.1, 0.15) is 11.4 Å². The first-order valence-corrected chi connectivity index (χ1v) is 16.4. The van der Waals surface area contributed by atoms with Gasteiger partial charge < -0.3 is 24.8 Å². The Kier molecular flexibility index (Phi) is 11.0. The molecule has 0 bridgehead atoms. The zero-order valence-electron chi connectivity index (χ0n) is 26.0. The molecule has 2 N–H and O–H groups in total. The number of piperidine rings is 1. The molecular weight excluding hydrogens is 571 g/mol. The number of ether oxygens (including phenoxy) is 1. The Labute approximate surface area is 266 Å². The van der Waals surface area contributed by atoms with Gasteiger partial charge >= 0.3 is 0 Å². The Morgan fingerprint density at radius 3 is 2.55 bits per heavy atom. The van der Waals surface area contributed by atoms with Gasteiger partial charge in [-0.05, 0) is 112 Å². The van der Waals surface area contributed by atoms with Crippen molar-refractivity contribution in [1.82, 2.24) is 25.1 Å². The highest BCUT2D eigenvalue weighted by molar-refractivity contribution is 7.80. The van der Waals surface area contributed by atoms with Gasteiger partial charge in [0, 0.05) is 36.9 Å². The molecule has 3 aromatic rings. The summed E-state index contributed by atoms with van der Waals surface area (Å²) in [5.74, 6) is 0.367. The van der Waals surface area contributed by atoms with E-state index < -0.39 is 5.60 Å². The molecule has 1 aliphatic carbocycles. The van der Waals surface area contributed by atoms with E-state index in [-0.39, 0.29) is 5.82 Å². The normalized spacial score (nSPS) is 20.5. The Hall–Kier alpha value is -3.32. The maximum absolute atomic E-state index is 13.4. The largest absolute Gasteiger partial charge is 0.361 e. The molecule has 1 saturated carbocycles. The summed E-state index contributed by atoms with van der Waals surface area (Å²) in [5, 5.41) is 13.7. The first-order valence-electron chi connectivity index (χ1n) is 16.0. The number of nitriles is 1. The summed E-state index contributed by atoms with van der Waals surface area (Å²) < 4.78 is 19.6. The second-order valence-corrected chi connectivity index (χ2v) is 13.0. The van der Waals surface area contributed by atoms with Crippen LogP contribution in [0.1, 0.15) is 91.7 Å². The van der Waals surface area contributed by atoms with E-state index in [4.69, 9.17) is 22.2 Å². The average molecular weight is 617 g/mol. The van der Waals surface area contributed by atoms with Crippen LogP contribution in [0.25, 0.3) is 0 Å². The summed E-state index contributed by atoms with van der Waals surface area (Å²) in [5.41, 5.74) is 4.45. The number of hydrogen-bond acceptors (Lipinski definition) is 5. The molecule has 2 fully saturated rings. The quantitative estimate of drug-likeness (QED) is 0.289. The van der Waals surface area contributed by atoms with Crippen LogP contribution in [0.15, 0.2) is 55.0 Å². The fourth-order valence-corrected chi connectivity index (χ4v) is 7.15. The van der Waals surface area contributed by atoms with Crippen LogP contribution in [0.4, 0.5) is 4.39 Å². The van der Waals surface area contributed by atoms with Crippen molar-refractivity contribution in [2.24, 2.45) is 0 Å². The molecule has 3 heterocycles. The lowest BCUT2D eigenvalue weighted by Gasteiger charge is -2.35.